The van der Waals surface area contributed by atoms with Gasteiger partial charge >= 0.3 is 0 Å². The fourth-order valence-electron chi connectivity index (χ4n) is 1.93. The molecule has 0 radical (unpaired) electrons. The smallest absolute Gasteiger partial charge is 0.275 e. The SMILES string of the molecule is CCCOc1cn(-c2ccccc2)nc1C(=O)NCCCN. The number of hydrogen-bond donors (Lipinski definition) is 2. The van der Waals surface area contributed by atoms with Gasteiger partial charge in [-0.1, -0.05) is 25.1 Å². The summed E-state index contributed by atoms with van der Waals surface area (Å²) in [5, 5.41) is 7.17. The Morgan fingerprint density at radius 2 is 2.14 bits per heavy atom. The maximum absolute atomic E-state index is 12.2. The third-order valence-corrected chi connectivity index (χ3v) is 3.04. The average molecular weight is 302 g/mol. The van der Waals surface area contributed by atoms with Gasteiger partial charge in [0.1, 0.15) is 0 Å². The second-order valence-corrected chi connectivity index (χ2v) is 4.87. The maximum Gasteiger partial charge on any atom is 0.275 e. The van der Waals surface area contributed by atoms with Crippen LogP contribution < -0.4 is 15.8 Å². The lowest BCUT2D eigenvalue weighted by Crippen LogP contribution is -2.27. The lowest BCUT2D eigenvalue weighted by atomic mass is 10.3. The number of amides is 1. The average Bonchev–Trinajstić information content (AvgIpc) is 2.98. The van der Waals surface area contributed by atoms with Crippen molar-refractivity contribution in [3.63, 3.8) is 0 Å². The van der Waals surface area contributed by atoms with Crippen molar-refractivity contribution in [2.75, 3.05) is 19.7 Å². The molecule has 1 aromatic heterocycles. The molecule has 2 aromatic rings. The number of nitrogens with two attached hydrogens (primary N) is 1. The molecule has 0 saturated carbocycles. The number of ether oxygens (including phenoxy) is 1. The number of rotatable bonds is 8. The van der Waals surface area contributed by atoms with Crippen LogP contribution in [0.4, 0.5) is 0 Å². The Morgan fingerprint density at radius 1 is 1.36 bits per heavy atom. The third kappa shape index (κ3) is 4.08. The van der Waals surface area contributed by atoms with Crippen molar-refractivity contribution in [3.8, 4) is 11.4 Å². The molecule has 6 heteroatoms. The lowest BCUT2D eigenvalue weighted by molar-refractivity contribution is 0.0944. The van der Waals surface area contributed by atoms with Gasteiger partial charge in [0, 0.05) is 6.54 Å². The van der Waals surface area contributed by atoms with E-state index in [4.69, 9.17) is 10.5 Å². The van der Waals surface area contributed by atoms with E-state index >= 15 is 0 Å². The minimum absolute atomic E-state index is 0.241. The van der Waals surface area contributed by atoms with Crippen molar-refractivity contribution in [1.82, 2.24) is 15.1 Å². The van der Waals surface area contributed by atoms with Gasteiger partial charge in [-0.05, 0) is 31.5 Å². The van der Waals surface area contributed by atoms with Crippen molar-refractivity contribution < 1.29 is 9.53 Å². The second-order valence-electron chi connectivity index (χ2n) is 4.87. The summed E-state index contributed by atoms with van der Waals surface area (Å²) in [4.78, 5) is 12.2. The van der Waals surface area contributed by atoms with Gasteiger partial charge in [0.05, 0.1) is 18.5 Å². The molecule has 0 aliphatic heterocycles. The number of aromatic nitrogens is 2. The van der Waals surface area contributed by atoms with Crippen LogP contribution in [0.2, 0.25) is 0 Å². The summed E-state index contributed by atoms with van der Waals surface area (Å²) in [5.74, 6) is 0.255. The summed E-state index contributed by atoms with van der Waals surface area (Å²) in [6.45, 7) is 3.63. The predicted molar refractivity (Wildman–Crippen MR) is 85.4 cm³/mol. The van der Waals surface area contributed by atoms with E-state index in [1.54, 1.807) is 10.9 Å². The minimum Gasteiger partial charge on any atom is -0.489 e. The number of carbonyl (C=O) groups excluding carboxylic acids is 1. The molecule has 0 saturated heterocycles. The van der Waals surface area contributed by atoms with Crippen molar-refractivity contribution in [1.29, 1.82) is 0 Å². The lowest BCUT2D eigenvalue weighted by Gasteiger charge is -2.05. The largest absolute Gasteiger partial charge is 0.489 e. The van der Waals surface area contributed by atoms with Gasteiger partial charge in [-0.2, -0.15) is 5.10 Å². The Kier molecular flexibility index (Phi) is 5.97. The minimum atomic E-state index is -0.241. The highest BCUT2D eigenvalue weighted by molar-refractivity contribution is 5.94. The molecule has 0 aliphatic carbocycles. The Morgan fingerprint density at radius 3 is 2.82 bits per heavy atom. The number of benzene rings is 1. The quantitative estimate of drug-likeness (QED) is 0.728. The fraction of sp³-hybridized carbons (Fsp3) is 0.375. The molecule has 0 spiro atoms. The van der Waals surface area contributed by atoms with Crippen molar-refractivity contribution in [2.24, 2.45) is 5.73 Å². The molecule has 22 heavy (non-hydrogen) atoms. The molecule has 0 atom stereocenters. The molecule has 1 aromatic carbocycles. The highest BCUT2D eigenvalue weighted by atomic mass is 16.5. The van der Waals surface area contributed by atoms with E-state index in [0.29, 0.717) is 31.1 Å². The summed E-state index contributed by atoms with van der Waals surface area (Å²) in [6, 6.07) is 9.62. The molecule has 1 heterocycles. The molecule has 0 unspecified atom stereocenters. The summed E-state index contributed by atoms with van der Waals surface area (Å²) in [7, 11) is 0. The van der Waals surface area contributed by atoms with Crippen LogP contribution in [0.3, 0.4) is 0 Å². The van der Waals surface area contributed by atoms with Gasteiger partial charge in [-0.25, -0.2) is 4.68 Å². The van der Waals surface area contributed by atoms with Crippen molar-refractivity contribution >= 4 is 5.91 Å². The molecular formula is C16H22N4O2. The van der Waals surface area contributed by atoms with Crippen LogP contribution in [0.1, 0.15) is 30.3 Å². The van der Waals surface area contributed by atoms with Crippen LogP contribution in [0.5, 0.6) is 5.75 Å². The zero-order valence-electron chi connectivity index (χ0n) is 12.8. The van der Waals surface area contributed by atoms with Crippen LogP contribution in [0, 0.1) is 0 Å². The van der Waals surface area contributed by atoms with Crippen LogP contribution in [-0.4, -0.2) is 35.4 Å². The van der Waals surface area contributed by atoms with E-state index in [-0.39, 0.29) is 5.91 Å². The highest BCUT2D eigenvalue weighted by Crippen LogP contribution is 2.20. The number of hydrogen-bond acceptors (Lipinski definition) is 4. The molecule has 0 aliphatic rings. The summed E-state index contributed by atoms with van der Waals surface area (Å²) >= 11 is 0. The third-order valence-electron chi connectivity index (χ3n) is 3.04. The van der Waals surface area contributed by atoms with E-state index in [1.165, 1.54) is 0 Å². The van der Waals surface area contributed by atoms with Gasteiger partial charge in [0.15, 0.2) is 11.4 Å². The normalized spacial score (nSPS) is 10.5. The topological polar surface area (TPSA) is 82.2 Å². The summed E-state index contributed by atoms with van der Waals surface area (Å²) < 4.78 is 7.30. The monoisotopic (exact) mass is 302 g/mol. The highest BCUT2D eigenvalue weighted by Gasteiger charge is 2.18. The van der Waals surface area contributed by atoms with E-state index < -0.39 is 0 Å². The Labute approximate surface area is 130 Å². The van der Waals surface area contributed by atoms with E-state index in [2.05, 4.69) is 10.4 Å². The molecule has 2 rings (SSSR count). The van der Waals surface area contributed by atoms with Gasteiger partial charge in [-0.15, -0.1) is 0 Å². The number of nitrogens with one attached hydrogen (secondary N) is 1. The zero-order chi connectivity index (χ0) is 15.8. The Balaban J connectivity index is 2.22. The first-order valence-corrected chi connectivity index (χ1v) is 7.52. The summed E-state index contributed by atoms with van der Waals surface area (Å²) in [6.07, 6.45) is 3.34. The van der Waals surface area contributed by atoms with E-state index in [9.17, 15) is 4.79 Å². The predicted octanol–water partition coefficient (Wildman–Crippen LogP) is 1.74. The first-order chi connectivity index (χ1) is 10.8. The van der Waals surface area contributed by atoms with Crippen LogP contribution >= 0.6 is 0 Å². The van der Waals surface area contributed by atoms with Gasteiger partial charge in [-0.3, -0.25) is 4.79 Å². The molecule has 0 fully saturated rings. The Hall–Kier alpha value is -2.34. The maximum atomic E-state index is 12.2. The van der Waals surface area contributed by atoms with Gasteiger partial charge < -0.3 is 15.8 Å². The standard InChI is InChI=1S/C16H22N4O2/c1-2-11-22-14-12-20(13-7-4-3-5-8-13)19-15(14)16(21)18-10-6-9-17/h3-5,7-8,12H,2,6,9-11,17H2,1H3,(H,18,21). The van der Waals surface area contributed by atoms with Crippen molar-refractivity contribution in [3.05, 3.63) is 42.2 Å². The summed E-state index contributed by atoms with van der Waals surface area (Å²) in [5.41, 5.74) is 6.61. The van der Waals surface area contributed by atoms with Gasteiger partial charge in [0.2, 0.25) is 0 Å². The fourth-order valence-corrected chi connectivity index (χ4v) is 1.93. The number of nitrogens with zero attached hydrogens (tertiary/aromatic N) is 2. The van der Waals surface area contributed by atoms with E-state index in [0.717, 1.165) is 18.5 Å². The first-order valence-electron chi connectivity index (χ1n) is 7.52. The first kappa shape index (κ1) is 16.0. The van der Waals surface area contributed by atoms with Crippen LogP contribution in [0.15, 0.2) is 36.5 Å². The second kappa shape index (κ2) is 8.19. The van der Waals surface area contributed by atoms with Crippen LogP contribution in [-0.2, 0) is 0 Å². The molecular weight excluding hydrogens is 280 g/mol. The van der Waals surface area contributed by atoms with Crippen LogP contribution in [0.25, 0.3) is 5.69 Å². The van der Waals surface area contributed by atoms with Gasteiger partial charge in [0.25, 0.3) is 5.91 Å². The molecule has 118 valence electrons. The molecule has 1 amide bonds. The number of para-hydroxylation sites is 1. The van der Waals surface area contributed by atoms with E-state index in [1.807, 2.05) is 37.3 Å². The van der Waals surface area contributed by atoms with Crippen molar-refractivity contribution in [2.45, 2.75) is 19.8 Å². The number of carbonyl (C=O) groups is 1. The molecule has 0 bridgehead atoms. The molecule has 3 N–H and O–H groups in total. The molecule has 6 nitrogen and oxygen atoms in total. The zero-order valence-corrected chi connectivity index (χ0v) is 12.8. The Bertz CT molecular complexity index is 595.